The van der Waals surface area contributed by atoms with Crippen molar-refractivity contribution in [3.8, 4) is 0 Å². The molecule has 0 heterocycles. The van der Waals surface area contributed by atoms with Gasteiger partial charge >= 0.3 is 0 Å². The first-order valence-electron chi connectivity index (χ1n) is 5.74. The van der Waals surface area contributed by atoms with Crippen LogP contribution in [0.4, 0.5) is 13.2 Å². The third-order valence-corrected chi connectivity index (χ3v) is 2.69. The third kappa shape index (κ3) is 4.03. The van der Waals surface area contributed by atoms with Crippen LogP contribution in [0, 0.1) is 17.5 Å². The van der Waals surface area contributed by atoms with Crippen LogP contribution in [0.15, 0.2) is 12.1 Å². The molecule has 0 aromatic heterocycles. The summed E-state index contributed by atoms with van der Waals surface area (Å²) in [6.07, 6.45) is -0.235. The Morgan fingerprint density at radius 1 is 1.00 bits per heavy atom. The Morgan fingerprint density at radius 3 is 2.00 bits per heavy atom. The molecular formula is C12H14F3O3Si. The van der Waals surface area contributed by atoms with E-state index in [1.807, 2.05) is 0 Å². The zero-order chi connectivity index (χ0) is 14.5. The van der Waals surface area contributed by atoms with E-state index in [1.54, 1.807) is 13.8 Å². The molecule has 3 nitrogen and oxygen atoms in total. The summed E-state index contributed by atoms with van der Waals surface area (Å²) in [5, 5.41) is 0. The van der Waals surface area contributed by atoms with Crippen molar-refractivity contribution in [2.75, 3.05) is 13.2 Å². The predicted molar refractivity (Wildman–Crippen MR) is 62.8 cm³/mol. The normalized spacial score (nSPS) is 11.9. The summed E-state index contributed by atoms with van der Waals surface area (Å²) in [6, 6.07) is 1.23. The molecule has 0 bridgehead atoms. The molecule has 19 heavy (non-hydrogen) atoms. The van der Waals surface area contributed by atoms with Crippen LogP contribution in [0.2, 0.25) is 0 Å². The van der Waals surface area contributed by atoms with Gasteiger partial charge in [0.1, 0.15) is 5.82 Å². The van der Waals surface area contributed by atoms with Gasteiger partial charge in [-0.05, 0) is 25.5 Å². The molecule has 0 aliphatic rings. The van der Waals surface area contributed by atoms with Crippen molar-refractivity contribution in [3.05, 3.63) is 35.1 Å². The topological polar surface area (TPSA) is 27.7 Å². The van der Waals surface area contributed by atoms with Crippen molar-refractivity contribution in [1.29, 1.82) is 0 Å². The summed E-state index contributed by atoms with van der Waals surface area (Å²) in [5.74, 6) is -4.89. The molecule has 0 atom stereocenters. The molecule has 0 amide bonds. The van der Waals surface area contributed by atoms with Crippen molar-refractivity contribution in [2.45, 2.75) is 26.2 Å². The van der Waals surface area contributed by atoms with E-state index < -0.39 is 23.4 Å². The number of hydrogen-bond acceptors (Lipinski definition) is 3. The Kier molecular flexibility index (Phi) is 5.99. The van der Waals surface area contributed by atoms with E-state index in [4.69, 9.17) is 13.9 Å². The van der Waals surface area contributed by atoms with E-state index in [1.165, 1.54) is 0 Å². The van der Waals surface area contributed by atoms with E-state index in [2.05, 4.69) is 10.5 Å². The van der Waals surface area contributed by atoms with Crippen molar-refractivity contribution < 1.29 is 27.1 Å². The summed E-state index contributed by atoms with van der Waals surface area (Å²) in [6.45, 7) is 3.85. The molecule has 7 heteroatoms. The Bertz CT molecular complexity index is 423. The molecule has 0 unspecified atom stereocenters. The van der Waals surface area contributed by atoms with Crippen LogP contribution in [0.25, 0.3) is 0 Å². The first-order chi connectivity index (χ1) is 8.98. The number of ether oxygens (including phenoxy) is 2. The number of hydrogen-bond donors (Lipinski definition) is 0. The number of halogens is 3. The summed E-state index contributed by atoms with van der Waals surface area (Å²) in [5.41, 5.74) is -0.112. The van der Waals surface area contributed by atoms with E-state index in [0.29, 0.717) is 6.07 Å². The summed E-state index contributed by atoms with van der Waals surface area (Å²) >= 11 is 0. The first-order valence-corrected chi connectivity index (χ1v) is 6.15. The van der Waals surface area contributed by atoms with Crippen LogP contribution in [-0.4, -0.2) is 29.7 Å². The standard InChI is InChI=1S/C12H14F3O3Si/c1-3-16-12(18-19,17-4-2)7-8-5-10(14)11(15)6-9(8)13/h5-6H,3-4,7H2,1-2H3. The van der Waals surface area contributed by atoms with Crippen LogP contribution in [0.5, 0.6) is 0 Å². The van der Waals surface area contributed by atoms with Gasteiger partial charge in [-0.15, -0.1) is 0 Å². The molecule has 0 aliphatic carbocycles. The van der Waals surface area contributed by atoms with Crippen molar-refractivity contribution in [2.24, 2.45) is 0 Å². The highest BCUT2D eigenvalue weighted by atomic mass is 28.2. The largest absolute Gasteiger partial charge is 0.371 e. The molecular weight excluding hydrogens is 277 g/mol. The van der Waals surface area contributed by atoms with Gasteiger partial charge in [-0.25, -0.2) is 13.2 Å². The molecule has 0 spiro atoms. The van der Waals surface area contributed by atoms with Crippen molar-refractivity contribution in [1.82, 2.24) is 0 Å². The van der Waals surface area contributed by atoms with Crippen LogP contribution >= 0.6 is 0 Å². The monoisotopic (exact) mass is 291 g/mol. The fourth-order valence-corrected chi connectivity index (χ4v) is 1.80. The number of rotatable bonds is 7. The van der Waals surface area contributed by atoms with Gasteiger partial charge in [-0.1, -0.05) is 0 Å². The maximum Gasteiger partial charge on any atom is 0.277 e. The van der Waals surface area contributed by atoms with Crippen LogP contribution in [0.1, 0.15) is 19.4 Å². The van der Waals surface area contributed by atoms with E-state index in [0.717, 1.165) is 6.07 Å². The molecule has 0 saturated carbocycles. The smallest absolute Gasteiger partial charge is 0.277 e. The quantitative estimate of drug-likeness (QED) is 0.439. The molecule has 1 rings (SSSR count). The maximum absolute atomic E-state index is 13.6. The Morgan fingerprint density at radius 2 is 1.53 bits per heavy atom. The minimum Gasteiger partial charge on any atom is -0.371 e. The fraction of sp³-hybridized carbons (Fsp3) is 0.500. The minimum absolute atomic E-state index is 0.112. The van der Waals surface area contributed by atoms with Crippen LogP contribution < -0.4 is 0 Å². The SMILES string of the molecule is CCOC(Cc1cc(F)c(F)cc1F)(O[Si])OCC. The van der Waals surface area contributed by atoms with Gasteiger partial charge in [-0.2, -0.15) is 0 Å². The Hall–Kier alpha value is -0.893. The third-order valence-electron chi connectivity index (χ3n) is 2.38. The summed E-state index contributed by atoms with van der Waals surface area (Å²) < 4.78 is 55.0. The molecule has 0 N–H and O–H groups in total. The fourth-order valence-electron chi connectivity index (χ4n) is 1.61. The van der Waals surface area contributed by atoms with Gasteiger partial charge in [0.25, 0.3) is 16.5 Å². The second kappa shape index (κ2) is 7.04. The van der Waals surface area contributed by atoms with Crippen LogP contribution in [-0.2, 0) is 20.3 Å². The van der Waals surface area contributed by atoms with E-state index >= 15 is 0 Å². The molecule has 1 aromatic rings. The molecule has 3 radical (unpaired) electrons. The van der Waals surface area contributed by atoms with Gasteiger partial charge in [0.2, 0.25) is 0 Å². The predicted octanol–water partition coefficient (Wildman–Crippen LogP) is 2.47. The van der Waals surface area contributed by atoms with Crippen molar-refractivity contribution >= 4 is 10.5 Å². The maximum atomic E-state index is 13.6. The number of benzene rings is 1. The van der Waals surface area contributed by atoms with E-state index in [-0.39, 0.29) is 25.2 Å². The lowest BCUT2D eigenvalue weighted by Gasteiger charge is -2.31. The zero-order valence-electron chi connectivity index (χ0n) is 10.6. The zero-order valence-corrected chi connectivity index (χ0v) is 11.6. The lowest BCUT2D eigenvalue weighted by Crippen LogP contribution is -2.41. The van der Waals surface area contributed by atoms with Crippen molar-refractivity contribution in [3.63, 3.8) is 0 Å². The van der Waals surface area contributed by atoms with Crippen LogP contribution in [0.3, 0.4) is 0 Å². The summed E-state index contributed by atoms with van der Waals surface area (Å²) in [4.78, 5) is 0. The first kappa shape index (κ1) is 16.2. The minimum atomic E-state index is -1.59. The van der Waals surface area contributed by atoms with E-state index in [9.17, 15) is 13.2 Å². The molecule has 1 aromatic carbocycles. The Labute approximate surface area is 113 Å². The highest BCUT2D eigenvalue weighted by molar-refractivity contribution is 5.98. The highest BCUT2D eigenvalue weighted by Crippen LogP contribution is 2.24. The molecule has 105 valence electrons. The lowest BCUT2D eigenvalue weighted by molar-refractivity contribution is -0.339. The molecule has 0 fully saturated rings. The average Bonchev–Trinajstić information content (AvgIpc) is 2.36. The van der Waals surface area contributed by atoms with Gasteiger partial charge in [-0.3, -0.25) is 0 Å². The summed E-state index contributed by atoms with van der Waals surface area (Å²) in [7, 11) is 2.80. The highest BCUT2D eigenvalue weighted by Gasteiger charge is 2.33. The average molecular weight is 291 g/mol. The van der Waals surface area contributed by atoms with Gasteiger partial charge in [0, 0.05) is 19.3 Å². The molecule has 0 saturated heterocycles. The molecule has 0 aliphatic heterocycles. The Balaban J connectivity index is 3.05. The second-order valence-corrected chi connectivity index (χ2v) is 3.89. The van der Waals surface area contributed by atoms with Gasteiger partial charge in [0.05, 0.1) is 6.42 Å². The second-order valence-electron chi connectivity index (χ2n) is 3.69. The van der Waals surface area contributed by atoms with Gasteiger partial charge < -0.3 is 13.9 Å². The lowest BCUT2D eigenvalue weighted by atomic mass is 10.1. The van der Waals surface area contributed by atoms with Gasteiger partial charge in [0.15, 0.2) is 11.6 Å².